The second-order valence-electron chi connectivity index (χ2n) is 3.94. The minimum atomic E-state index is -0.751. The molecule has 0 spiro atoms. The van der Waals surface area contributed by atoms with E-state index in [1.807, 2.05) is 48.5 Å². The molecule has 0 saturated heterocycles. The number of aliphatic hydroxyl groups is 1. The van der Waals surface area contributed by atoms with Crippen molar-refractivity contribution in [3.8, 4) is 0 Å². The molecule has 0 aliphatic rings. The van der Waals surface area contributed by atoms with Gasteiger partial charge in [0.05, 0.1) is 6.10 Å². The first-order valence-electron chi connectivity index (χ1n) is 5.78. The molecule has 0 heterocycles. The van der Waals surface area contributed by atoms with Crippen LogP contribution >= 0.6 is 0 Å². The van der Waals surface area contributed by atoms with E-state index in [0.717, 1.165) is 5.56 Å². The third-order valence-corrected chi connectivity index (χ3v) is 2.63. The molecule has 0 saturated carbocycles. The second kappa shape index (κ2) is 5.94. The highest BCUT2D eigenvalue weighted by atomic mass is 16.3. The number of benzene rings is 2. The number of rotatable bonds is 4. The minimum absolute atomic E-state index is 0.106. The number of carbonyl (C=O) groups excluding carboxylic acids is 1. The van der Waals surface area contributed by atoms with Crippen LogP contribution in [-0.4, -0.2) is 10.9 Å². The van der Waals surface area contributed by atoms with Crippen molar-refractivity contribution in [2.24, 2.45) is 0 Å². The van der Waals surface area contributed by atoms with Gasteiger partial charge in [-0.15, -0.1) is 0 Å². The van der Waals surface area contributed by atoms with E-state index in [1.54, 1.807) is 12.1 Å². The largest absolute Gasteiger partial charge is 0.384 e. The lowest BCUT2D eigenvalue weighted by atomic mass is 10.1. The van der Waals surface area contributed by atoms with E-state index in [0.29, 0.717) is 5.56 Å². The van der Waals surface area contributed by atoms with E-state index in [9.17, 15) is 9.90 Å². The van der Waals surface area contributed by atoms with Gasteiger partial charge >= 0.3 is 0 Å². The normalized spacial score (nSPS) is 12.5. The molecule has 0 fully saturated rings. The molecule has 1 N–H and O–H groups in total. The van der Waals surface area contributed by atoms with Crippen LogP contribution in [0.5, 0.6) is 0 Å². The lowest BCUT2D eigenvalue weighted by Gasteiger charge is -2.04. The fourth-order valence-electron chi connectivity index (χ4n) is 1.64. The van der Waals surface area contributed by atoms with Crippen molar-refractivity contribution in [1.29, 1.82) is 0 Å². The van der Waals surface area contributed by atoms with Crippen LogP contribution in [0.2, 0.25) is 0 Å². The Bertz CT molecular complexity index is 530. The average molecular weight is 238 g/mol. The smallest absolute Gasteiger partial charge is 0.185 e. The van der Waals surface area contributed by atoms with Crippen LogP contribution in [0.4, 0.5) is 0 Å². The van der Waals surface area contributed by atoms with Crippen LogP contribution in [0, 0.1) is 0 Å². The van der Waals surface area contributed by atoms with Crippen molar-refractivity contribution in [1.82, 2.24) is 0 Å². The second-order valence-corrected chi connectivity index (χ2v) is 3.94. The van der Waals surface area contributed by atoms with Crippen molar-refractivity contribution < 1.29 is 9.90 Å². The summed E-state index contributed by atoms with van der Waals surface area (Å²) in [6, 6.07) is 18.2. The fourth-order valence-corrected chi connectivity index (χ4v) is 1.64. The van der Waals surface area contributed by atoms with Crippen molar-refractivity contribution in [3.05, 3.63) is 83.9 Å². The summed E-state index contributed by atoms with van der Waals surface area (Å²) < 4.78 is 0. The summed E-state index contributed by atoms with van der Waals surface area (Å²) in [6.45, 7) is 0. The Morgan fingerprint density at radius 3 is 2.11 bits per heavy atom. The highest BCUT2D eigenvalue weighted by Crippen LogP contribution is 2.13. The number of aliphatic hydroxyl groups excluding tert-OH is 1. The first-order valence-corrected chi connectivity index (χ1v) is 5.78. The lowest BCUT2D eigenvalue weighted by molar-refractivity contribution is 0.104. The molecule has 18 heavy (non-hydrogen) atoms. The molecule has 2 rings (SSSR count). The highest BCUT2D eigenvalue weighted by molar-refractivity contribution is 6.04. The zero-order chi connectivity index (χ0) is 12.8. The van der Waals surface area contributed by atoms with Crippen molar-refractivity contribution in [2.45, 2.75) is 6.10 Å². The van der Waals surface area contributed by atoms with Crippen molar-refractivity contribution in [3.63, 3.8) is 0 Å². The predicted octanol–water partition coefficient (Wildman–Crippen LogP) is 3.16. The molecule has 0 aliphatic carbocycles. The van der Waals surface area contributed by atoms with Crippen LogP contribution in [0.1, 0.15) is 22.0 Å². The summed E-state index contributed by atoms with van der Waals surface area (Å²) in [5.41, 5.74) is 1.39. The number of hydrogen-bond acceptors (Lipinski definition) is 2. The number of allylic oxidation sites excluding steroid dienone is 1. The monoisotopic (exact) mass is 238 g/mol. The molecule has 0 aliphatic heterocycles. The van der Waals surface area contributed by atoms with Crippen molar-refractivity contribution in [2.75, 3.05) is 0 Å². The van der Waals surface area contributed by atoms with Gasteiger partial charge in [0, 0.05) is 5.56 Å². The van der Waals surface area contributed by atoms with Gasteiger partial charge in [0.2, 0.25) is 0 Å². The Balaban J connectivity index is 2.06. The molecule has 0 amide bonds. The quantitative estimate of drug-likeness (QED) is 0.656. The summed E-state index contributed by atoms with van der Waals surface area (Å²) >= 11 is 0. The topological polar surface area (TPSA) is 37.3 Å². The molecule has 2 nitrogen and oxygen atoms in total. The lowest BCUT2D eigenvalue weighted by Crippen LogP contribution is -1.97. The Morgan fingerprint density at radius 1 is 0.944 bits per heavy atom. The first-order chi connectivity index (χ1) is 8.77. The zero-order valence-electron chi connectivity index (χ0n) is 9.86. The van der Waals surface area contributed by atoms with Gasteiger partial charge in [0.15, 0.2) is 5.78 Å². The number of hydrogen-bond donors (Lipinski definition) is 1. The SMILES string of the molecule is O=C(/C=C\C(O)c1ccccc1)c1ccccc1. The third-order valence-electron chi connectivity index (χ3n) is 2.63. The van der Waals surface area contributed by atoms with Gasteiger partial charge in [0.1, 0.15) is 0 Å². The summed E-state index contributed by atoms with van der Waals surface area (Å²) in [4.78, 5) is 11.8. The fraction of sp³-hybridized carbons (Fsp3) is 0.0625. The molecule has 90 valence electrons. The minimum Gasteiger partial charge on any atom is -0.384 e. The Labute approximate surface area is 106 Å². The molecule has 1 unspecified atom stereocenters. The predicted molar refractivity (Wildman–Crippen MR) is 71.3 cm³/mol. The van der Waals surface area contributed by atoms with Crippen LogP contribution < -0.4 is 0 Å². The third kappa shape index (κ3) is 3.15. The maximum absolute atomic E-state index is 11.8. The summed E-state index contributed by atoms with van der Waals surface area (Å²) in [7, 11) is 0. The van der Waals surface area contributed by atoms with E-state index in [4.69, 9.17) is 0 Å². The molecule has 2 heteroatoms. The number of ketones is 1. The summed E-state index contributed by atoms with van der Waals surface area (Å²) in [6.07, 6.45) is 2.16. The average Bonchev–Trinajstić information content (AvgIpc) is 2.46. The molecule has 2 aromatic rings. The molecule has 2 aromatic carbocycles. The van der Waals surface area contributed by atoms with Gasteiger partial charge in [0.25, 0.3) is 0 Å². The van der Waals surface area contributed by atoms with Gasteiger partial charge in [-0.2, -0.15) is 0 Å². The Kier molecular flexibility index (Phi) is 4.05. The zero-order valence-corrected chi connectivity index (χ0v) is 9.86. The van der Waals surface area contributed by atoms with Gasteiger partial charge in [-0.05, 0) is 17.7 Å². The van der Waals surface area contributed by atoms with E-state index in [-0.39, 0.29) is 5.78 Å². The highest BCUT2D eigenvalue weighted by Gasteiger charge is 2.04. The van der Waals surface area contributed by atoms with E-state index >= 15 is 0 Å². The maximum Gasteiger partial charge on any atom is 0.185 e. The van der Waals surface area contributed by atoms with Crippen LogP contribution in [0.15, 0.2) is 72.8 Å². The molecule has 0 radical (unpaired) electrons. The maximum atomic E-state index is 11.8. The van der Waals surface area contributed by atoms with Gasteiger partial charge in [-0.1, -0.05) is 60.7 Å². The molecular weight excluding hydrogens is 224 g/mol. The van der Waals surface area contributed by atoms with Crippen molar-refractivity contribution >= 4 is 5.78 Å². The van der Waals surface area contributed by atoms with Crippen LogP contribution in [0.25, 0.3) is 0 Å². The van der Waals surface area contributed by atoms with Gasteiger partial charge in [-0.25, -0.2) is 0 Å². The molecular formula is C16H14O2. The number of carbonyl (C=O) groups is 1. The summed E-state index contributed by atoms with van der Waals surface area (Å²) in [5, 5.41) is 9.88. The van der Waals surface area contributed by atoms with Gasteiger partial charge < -0.3 is 5.11 Å². The molecule has 1 atom stereocenters. The Morgan fingerprint density at radius 2 is 1.50 bits per heavy atom. The first kappa shape index (κ1) is 12.3. The van der Waals surface area contributed by atoms with Gasteiger partial charge in [-0.3, -0.25) is 4.79 Å². The van der Waals surface area contributed by atoms with E-state index < -0.39 is 6.10 Å². The standard InChI is InChI=1S/C16H14O2/c17-15(13-7-3-1-4-8-13)11-12-16(18)14-9-5-2-6-10-14/h1-12,15,17H/b12-11-. The summed E-state index contributed by atoms with van der Waals surface area (Å²) in [5.74, 6) is -0.106. The molecule has 0 bridgehead atoms. The van der Waals surface area contributed by atoms with E-state index in [2.05, 4.69) is 0 Å². The Hall–Kier alpha value is -2.19. The molecule has 0 aromatic heterocycles. The van der Waals surface area contributed by atoms with Crippen LogP contribution in [0.3, 0.4) is 0 Å². The van der Waals surface area contributed by atoms with E-state index in [1.165, 1.54) is 12.2 Å². The van der Waals surface area contributed by atoms with Crippen LogP contribution in [-0.2, 0) is 0 Å².